The van der Waals surface area contributed by atoms with Gasteiger partial charge < -0.3 is 5.32 Å². The molecule has 2 aromatic heterocycles. The van der Waals surface area contributed by atoms with E-state index in [-0.39, 0.29) is 11.3 Å². The van der Waals surface area contributed by atoms with Gasteiger partial charge >= 0.3 is 0 Å². The minimum Gasteiger partial charge on any atom is -0.351 e. The van der Waals surface area contributed by atoms with E-state index in [9.17, 15) is 4.79 Å². The first-order valence-electron chi connectivity index (χ1n) is 8.29. The number of hydrogen-bond acceptors (Lipinski definition) is 3. The van der Waals surface area contributed by atoms with Gasteiger partial charge in [-0.3, -0.25) is 9.36 Å². The van der Waals surface area contributed by atoms with Crippen molar-refractivity contribution in [3.8, 4) is 5.82 Å². The summed E-state index contributed by atoms with van der Waals surface area (Å²) in [6.07, 6.45) is 11.9. The van der Waals surface area contributed by atoms with E-state index in [1.165, 1.54) is 12.8 Å². The highest BCUT2D eigenvalue weighted by atomic mass is 16.2. The van der Waals surface area contributed by atoms with Gasteiger partial charge in [0, 0.05) is 36.1 Å². The van der Waals surface area contributed by atoms with E-state index in [1.807, 2.05) is 22.9 Å². The molecule has 1 fully saturated rings. The normalized spacial score (nSPS) is 15.7. The largest absolute Gasteiger partial charge is 0.351 e. The molecule has 0 saturated heterocycles. The smallest absolute Gasteiger partial charge is 0.226 e. The molecule has 0 aromatic carbocycles. The molecule has 3 rings (SSSR count). The molecule has 0 spiro atoms. The number of nitrogens with zero attached hydrogens (tertiary/aromatic N) is 3. The fourth-order valence-electron chi connectivity index (χ4n) is 3.42. The molecule has 0 bridgehead atoms. The summed E-state index contributed by atoms with van der Waals surface area (Å²) in [6, 6.07) is 3.88. The fraction of sp³-hybridized carbons (Fsp3) is 0.500. The average molecular weight is 312 g/mol. The van der Waals surface area contributed by atoms with Crippen LogP contribution < -0.4 is 5.32 Å². The summed E-state index contributed by atoms with van der Waals surface area (Å²) in [5.74, 6) is 1.43. The van der Waals surface area contributed by atoms with E-state index in [0.29, 0.717) is 12.5 Å². The zero-order valence-electron chi connectivity index (χ0n) is 13.8. The third-order valence-electron chi connectivity index (χ3n) is 5.02. The predicted octanol–water partition coefficient (Wildman–Crippen LogP) is 3.10. The Hall–Kier alpha value is -2.17. The minimum atomic E-state index is -0.312. The zero-order valence-corrected chi connectivity index (χ0v) is 13.8. The average Bonchev–Trinajstić information content (AvgIpc) is 3.25. The number of carbonyl (C=O) groups excluding carboxylic acids is 1. The van der Waals surface area contributed by atoms with Gasteiger partial charge in [0.05, 0.1) is 0 Å². The van der Waals surface area contributed by atoms with Crippen molar-refractivity contribution in [2.45, 2.75) is 46.1 Å². The molecule has 5 heteroatoms. The van der Waals surface area contributed by atoms with Crippen LogP contribution in [0.1, 0.15) is 45.1 Å². The number of pyridine rings is 1. The lowest BCUT2D eigenvalue weighted by Crippen LogP contribution is -2.41. The van der Waals surface area contributed by atoms with Crippen molar-refractivity contribution in [2.75, 3.05) is 0 Å². The molecule has 0 radical (unpaired) electrons. The molecule has 122 valence electrons. The lowest BCUT2D eigenvalue weighted by Gasteiger charge is -2.30. The van der Waals surface area contributed by atoms with Crippen LogP contribution in [0.3, 0.4) is 0 Å². The summed E-state index contributed by atoms with van der Waals surface area (Å²) < 4.78 is 1.86. The second kappa shape index (κ2) is 6.52. The Balaban J connectivity index is 1.70. The van der Waals surface area contributed by atoms with Gasteiger partial charge in [0.15, 0.2) is 0 Å². The maximum absolute atomic E-state index is 12.7. The van der Waals surface area contributed by atoms with Crippen molar-refractivity contribution in [1.29, 1.82) is 0 Å². The summed E-state index contributed by atoms with van der Waals surface area (Å²) >= 11 is 0. The van der Waals surface area contributed by atoms with Crippen molar-refractivity contribution in [2.24, 2.45) is 11.3 Å². The molecular formula is C18H24N4O. The Labute approximate surface area is 137 Å². The Morgan fingerprint density at radius 1 is 1.35 bits per heavy atom. The van der Waals surface area contributed by atoms with E-state index < -0.39 is 0 Å². The van der Waals surface area contributed by atoms with Crippen LogP contribution in [0.25, 0.3) is 5.82 Å². The fourth-order valence-corrected chi connectivity index (χ4v) is 3.42. The first kappa shape index (κ1) is 15.7. The van der Waals surface area contributed by atoms with Gasteiger partial charge in [-0.15, -0.1) is 0 Å². The maximum Gasteiger partial charge on any atom is 0.226 e. The van der Waals surface area contributed by atoms with Gasteiger partial charge in [-0.25, -0.2) is 9.97 Å². The van der Waals surface area contributed by atoms with Crippen LogP contribution in [0.5, 0.6) is 0 Å². The van der Waals surface area contributed by atoms with Crippen molar-refractivity contribution in [3.63, 3.8) is 0 Å². The van der Waals surface area contributed by atoms with Crippen molar-refractivity contribution >= 4 is 5.91 Å². The van der Waals surface area contributed by atoms with E-state index in [2.05, 4.69) is 29.1 Å². The van der Waals surface area contributed by atoms with Crippen LogP contribution in [-0.4, -0.2) is 20.4 Å². The first-order valence-corrected chi connectivity index (χ1v) is 8.29. The van der Waals surface area contributed by atoms with Crippen LogP contribution in [0, 0.1) is 11.3 Å². The molecule has 5 nitrogen and oxygen atoms in total. The third kappa shape index (κ3) is 3.28. The molecule has 0 atom stereocenters. The molecule has 2 aromatic rings. The Kier molecular flexibility index (Phi) is 4.46. The second-order valence-electron chi connectivity index (χ2n) is 6.84. The van der Waals surface area contributed by atoms with Gasteiger partial charge in [0.25, 0.3) is 0 Å². The van der Waals surface area contributed by atoms with E-state index in [4.69, 9.17) is 0 Å². The lowest BCUT2D eigenvalue weighted by atomic mass is 9.77. The summed E-state index contributed by atoms with van der Waals surface area (Å²) in [7, 11) is 0. The van der Waals surface area contributed by atoms with Crippen molar-refractivity contribution < 1.29 is 4.79 Å². The number of imidazole rings is 1. The minimum absolute atomic E-state index is 0.129. The van der Waals surface area contributed by atoms with Crippen LogP contribution in [0.15, 0.2) is 37.1 Å². The molecule has 1 N–H and O–H groups in total. The molecular weight excluding hydrogens is 288 g/mol. The van der Waals surface area contributed by atoms with Crippen LogP contribution >= 0.6 is 0 Å². The van der Waals surface area contributed by atoms with Gasteiger partial charge in [-0.1, -0.05) is 32.8 Å². The van der Waals surface area contributed by atoms with Gasteiger partial charge in [-0.2, -0.15) is 0 Å². The highest BCUT2D eigenvalue weighted by Gasteiger charge is 2.37. The number of rotatable bonds is 5. The number of amides is 1. The van der Waals surface area contributed by atoms with Gasteiger partial charge in [0.2, 0.25) is 5.91 Å². The summed E-state index contributed by atoms with van der Waals surface area (Å²) in [4.78, 5) is 21.1. The Morgan fingerprint density at radius 3 is 2.83 bits per heavy atom. The first-order chi connectivity index (χ1) is 11.1. The number of carbonyl (C=O) groups is 1. The SMILES string of the molecule is CC(C)(C(=O)NCc1cccnc1-n1ccnc1)C1CCCC1. The number of aromatic nitrogens is 3. The molecule has 1 saturated carbocycles. The molecule has 1 amide bonds. The summed E-state index contributed by atoms with van der Waals surface area (Å²) in [6.45, 7) is 4.62. The molecule has 0 unspecified atom stereocenters. The second-order valence-corrected chi connectivity index (χ2v) is 6.84. The topological polar surface area (TPSA) is 59.8 Å². The molecule has 1 aliphatic carbocycles. The van der Waals surface area contributed by atoms with Crippen molar-refractivity contribution in [1.82, 2.24) is 19.9 Å². The zero-order chi connectivity index (χ0) is 16.3. The molecule has 1 aliphatic rings. The third-order valence-corrected chi connectivity index (χ3v) is 5.02. The van der Waals surface area contributed by atoms with Crippen molar-refractivity contribution in [3.05, 3.63) is 42.6 Å². The van der Waals surface area contributed by atoms with E-state index in [0.717, 1.165) is 24.2 Å². The predicted molar refractivity (Wildman–Crippen MR) is 88.9 cm³/mol. The van der Waals surface area contributed by atoms with Gasteiger partial charge in [-0.05, 0) is 24.8 Å². The molecule has 2 heterocycles. The van der Waals surface area contributed by atoms with Crippen LogP contribution in [0.2, 0.25) is 0 Å². The highest BCUT2D eigenvalue weighted by molar-refractivity contribution is 5.82. The number of hydrogen-bond donors (Lipinski definition) is 1. The van der Waals surface area contributed by atoms with Gasteiger partial charge in [0.1, 0.15) is 12.1 Å². The van der Waals surface area contributed by atoms with Crippen LogP contribution in [0.4, 0.5) is 0 Å². The Bertz CT molecular complexity index is 657. The molecule has 0 aliphatic heterocycles. The quantitative estimate of drug-likeness (QED) is 0.923. The summed E-state index contributed by atoms with van der Waals surface area (Å²) in [5, 5.41) is 3.11. The highest BCUT2D eigenvalue weighted by Crippen LogP contribution is 2.39. The Morgan fingerprint density at radius 2 is 2.13 bits per heavy atom. The maximum atomic E-state index is 12.7. The van der Waals surface area contributed by atoms with E-state index >= 15 is 0 Å². The van der Waals surface area contributed by atoms with Crippen LogP contribution in [-0.2, 0) is 11.3 Å². The standard InChI is InChI=1S/C18H24N4O/c1-18(2,15-7-3-4-8-15)17(23)21-12-14-6-5-9-20-16(14)22-11-10-19-13-22/h5-6,9-11,13,15H,3-4,7-8,12H2,1-2H3,(H,21,23). The monoisotopic (exact) mass is 312 g/mol. The molecule has 23 heavy (non-hydrogen) atoms. The number of nitrogens with one attached hydrogen (secondary N) is 1. The lowest BCUT2D eigenvalue weighted by molar-refractivity contribution is -0.132. The summed E-state index contributed by atoms with van der Waals surface area (Å²) in [5.41, 5.74) is 0.675. The van der Waals surface area contributed by atoms with E-state index in [1.54, 1.807) is 18.7 Å².